The maximum atomic E-state index is 11.7. The number of aliphatic hydroxyl groups is 1. The molecule has 8 aromatic rings. The van der Waals surface area contributed by atoms with Crippen LogP contribution in [0.15, 0.2) is 175 Å². The van der Waals surface area contributed by atoms with Crippen LogP contribution in [0.3, 0.4) is 0 Å². The topological polar surface area (TPSA) is 333 Å². The van der Waals surface area contributed by atoms with E-state index in [1.165, 1.54) is 28.4 Å². The van der Waals surface area contributed by atoms with Crippen LogP contribution in [0.5, 0.6) is 23.0 Å². The van der Waals surface area contributed by atoms with E-state index < -0.39 is 29.5 Å². The van der Waals surface area contributed by atoms with E-state index in [9.17, 15) is 38.7 Å². The van der Waals surface area contributed by atoms with Crippen LogP contribution >= 0.6 is 37.2 Å². The zero-order valence-electron chi connectivity index (χ0n) is 68.5. The summed E-state index contributed by atoms with van der Waals surface area (Å²) in [6.07, 6.45) is 20.6. The number of methoxy groups -OCH3 is 4. The monoisotopic (exact) mass is 1660 g/mol. The lowest BCUT2D eigenvalue weighted by molar-refractivity contribution is -0.156. The number of aromatic hydroxyl groups is 1. The smallest absolute Gasteiger partial charge is 0.356 e. The molecule has 24 nitrogen and oxygen atoms in total. The molecule has 4 N–H and O–H groups in total. The molecule has 0 aliphatic carbocycles. The van der Waals surface area contributed by atoms with Gasteiger partial charge in [-0.25, -0.2) is 48.9 Å². The second-order valence-electron chi connectivity index (χ2n) is 27.8. The highest BCUT2D eigenvalue weighted by Gasteiger charge is 2.18. The molecule has 632 valence electrons. The number of esters is 6. The van der Waals surface area contributed by atoms with Gasteiger partial charge in [0.05, 0.1) is 77.6 Å². The van der Waals surface area contributed by atoms with Crippen molar-refractivity contribution in [3.05, 3.63) is 193 Å². The number of ether oxygens (including phenoxy) is 9. The van der Waals surface area contributed by atoms with Crippen molar-refractivity contribution in [3.8, 4) is 68.0 Å². The first-order chi connectivity index (χ1) is 54.4. The Labute approximate surface area is 702 Å². The highest BCUT2D eigenvalue weighted by Crippen LogP contribution is 2.28. The molecule has 0 saturated carbocycles. The number of hydrogen-bond donors (Lipinski definition) is 3. The number of pyridine rings is 4. The van der Waals surface area contributed by atoms with Crippen LogP contribution in [-0.4, -0.2) is 151 Å². The number of aliphatic hydroxyl groups excluding tert-OH is 1. The van der Waals surface area contributed by atoms with Gasteiger partial charge in [-0.05, 0) is 203 Å². The summed E-state index contributed by atoms with van der Waals surface area (Å²) in [6, 6.07) is 50.6. The molecule has 116 heavy (non-hydrogen) atoms. The first kappa shape index (κ1) is 104. The molecule has 4 aromatic carbocycles. The molecule has 0 bridgehead atoms. The van der Waals surface area contributed by atoms with Crippen LogP contribution < -0.4 is 19.9 Å². The molecular weight excluding hydrogens is 1550 g/mol. The zero-order valence-corrected chi connectivity index (χ0v) is 71.0. The standard InChI is InChI=1S/C25H33NO5.C20H22N2O4.C19H24N2O3.C13H11NO3.C12H24O3.3ClH/c1-25(2,3)31-23(27)16-8-6-5-7-9-17-30-20-13-10-12-19(18-20)21-14-11-15-22(26-21)24(28)29-4;1-25-20(24)19-11-7-10-18(22-19)16-8-6-9-17(14-16)26-13-5-3-2-4-12-21-15-23;1-23-19(22)18-11-7-10-17(21-18)15-8-6-9-16(14-15)24-13-5-3-2-4-12-20;1-17-13(16)12-7-3-6-11(14-12)9-4-2-5-10(15)8-9;1-12(2,3)15-11(14)9-7-5-4-6-8-10-13;;;/h10-15,18H,5-9,16-17H2,1-4H3;6-11,14H,2-5,12-13H2,1H3;6-11,14H,2-5,12-13,20H2,1H3;2-8,15H,1H3;13H,4-10H2,1-3H3;3*1H. The number of nitrogens with two attached hydrogens (primary N) is 1. The lowest BCUT2D eigenvalue weighted by Gasteiger charge is -2.19. The van der Waals surface area contributed by atoms with Gasteiger partial charge in [-0.2, -0.15) is 0 Å². The zero-order chi connectivity index (χ0) is 82.5. The highest BCUT2D eigenvalue weighted by molar-refractivity contribution is 5.90. The van der Waals surface area contributed by atoms with Crippen molar-refractivity contribution in [3.63, 3.8) is 0 Å². The van der Waals surface area contributed by atoms with Gasteiger partial charge >= 0.3 is 35.8 Å². The summed E-state index contributed by atoms with van der Waals surface area (Å²) < 4.78 is 46.7. The van der Waals surface area contributed by atoms with Crippen molar-refractivity contribution in [2.45, 2.75) is 181 Å². The number of halogens is 3. The van der Waals surface area contributed by atoms with Crippen molar-refractivity contribution in [1.82, 2.24) is 19.9 Å². The number of carbonyl (C=O) groups is 6. The van der Waals surface area contributed by atoms with Crippen LogP contribution in [0, 0.1) is 0 Å². The number of unbranched alkanes of at least 4 members (excludes halogenated alkanes) is 14. The SMILES string of the molecule is CC(C)(C)OC(=O)CCCCCCCO.COC(=O)c1cccc(-c2cccc(O)c2)n1.COC(=O)c1cccc(-c2cccc(OCCCCCCCC(=O)OC(C)(C)C)c2)n1.COC(=O)c1cccc(-c2cccc(OCCCCCCN)c2)n1.COC(=O)c1cccc(-c2cccc(OCCCCCCN=C=O)c2)n1.Cl.Cl.Cl. The molecule has 0 aliphatic rings. The van der Waals surface area contributed by atoms with E-state index in [4.69, 9.17) is 48.7 Å². The number of carbonyl (C=O) groups excluding carboxylic acids is 7. The number of isocyanates is 1. The number of phenolic OH excluding ortho intramolecular Hbond substituents is 1. The number of hydrogen-bond acceptors (Lipinski definition) is 24. The van der Waals surface area contributed by atoms with Crippen molar-refractivity contribution < 1.29 is 86.4 Å². The molecule has 0 aliphatic heterocycles. The molecule has 0 amide bonds. The third kappa shape index (κ3) is 44.5. The van der Waals surface area contributed by atoms with E-state index in [1.807, 2.05) is 139 Å². The van der Waals surface area contributed by atoms with E-state index in [2.05, 4.69) is 29.7 Å². The van der Waals surface area contributed by atoms with Crippen LogP contribution in [0.4, 0.5) is 0 Å². The summed E-state index contributed by atoms with van der Waals surface area (Å²) >= 11 is 0. The largest absolute Gasteiger partial charge is 0.508 e. The van der Waals surface area contributed by atoms with Crippen LogP contribution in [0.2, 0.25) is 0 Å². The molecule has 0 radical (unpaired) electrons. The fourth-order valence-electron chi connectivity index (χ4n) is 10.6. The van der Waals surface area contributed by atoms with Gasteiger partial charge in [0.1, 0.15) is 57.0 Å². The Bertz CT molecular complexity index is 4210. The number of rotatable bonds is 39. The van der Waals surface area contributed by atoms with Gasteiger partial charge in [0, 0.05) is 41.7 Å². The minimum absolute atomic E-state index is 0. The minimum Gasteiger partial charge on any atom is -0.508 e. The van der Waals surface area contributed by atoms with Crippen LogP contribution in [-0.2, 0) is 42.8 Å². The number of nitrogens with zero attached hydrogens (tertiary/aromatic N) is 5. The van der Waals surface area contributed by atoms with Gasteiger partial charge in [-0.15, -0.1) is 37.2 Å². The lowest BCUT2D eigenvalue weighted by Crippen LogP contribution is -2.23. The van der Waals surface area contributed by atoms with Gasteiger partial charge in [0.25, 0.3) is 0 Å². The Hall–Kier alpha value is -10.3. The summed E-state index contributed by atoms with van der Waals surface area (Å²) in [5.74, 6) is 0.426. The lowest BCUT2D eigenvalue weighted by atomic mass is 10.1. The summed E-state index contributed by atoms with van der Waals surface area (Å²) in [7, 11) is 5.33. The van der Waals surface area contributed by atoms with E-state index in [0.29, 0.717) is 67.7 Å². The van der Waals surface area contributed by atoms with Crippen LogP contribution in [0.25, 0.3) is 45.0 Å². The molecule has 0 atom stereocenters. The molecule has 0 saturated heterocycles. The minimum atomic E-state index is -0.480. The molecule has 4 aromatic heterocycles. The number of phenols is 1. The fourth-order valence-corrected chi connectivity index (χ4v) is 10.6. The third-order valence-corrected chi connectivity index (χ3v) is 16.1. The highest BCUT2D eigenvalue weighted by atomic mass is 35.5. The molecule has 0 fully saturated rings. The Morgan fingerprint density at radius 1 is 0.379 bits per heavy atom. The Balaban J connectivity index is 0.000000736. The predicted octanol–water partition coefficient (Wildman–Crippen LogP) is 19.0. The average Bonchev–Trinajstić information content (AvgIpc) is 0.857. The van der Waals surface area contributed by atoms with E-state index in [-0.39, 0.29) is 84.2 Å². The Kier molecular flexibility index (Phi) is 53.8. The number of benzene rings is 4. The average molecular weight is 1670 g/mol. The third-order valence-electron chi connectivity index (χ3n) is 16.1. The normalized spacial score (nSPS) is 10.3. The summed E-state index contributed by atoms with van der Waals surface area (Å²) in [5.41, 5.74) is 11.9. The van der Waals surface area contributed by atoms with Crippen molar-refractivity contribution in [2.75, 3.05) is 68.0 Å². The van der Waals surface area contributed by atoms with E-state index in [0.717, 1.165) is 162 Å². The summed E-state index contributed by atoms with van der Waals surface area (Å²) in [4.78, 5) is 99.9. The van der Waals surface area contributed by atoms with Crippen molar-refractivity contribution in [2.24, 2.45) is 10.7 Å². The number of aliphatic imine (C=N–C) groups is 1. The second-order valence-corrected chi connectivity index (χ2v) is 27.8. The molecule has 4 heterocycles. The second kappa shape index (κ2) is 60.2. The Morgan fingerprint density at radius 2 is 0.664 bits per heavy atom. The molecule has 8 rings (SSSR count). The van der Waals surface area contributed by atoms with Gasteiger partial charge in [0.2, 0.25) is 6.08 Å². The van der Waals surface area contributed by atoms with Crippen molar-refractivity contribution >= 4 is 79.1 Å². The fraction of sp³-hybridized carbons (Fsp3) is 0.427. The number of aromatic nitrogens is 4. The quantitative estimate of drug-likeness (QED) is 0.0106. The van der Waals surface area contributed by atoms with E-state index >= 15 is 0 Å². The van der Waals surface area contributed by atoms with E-state index in [1.54, 1.807) is 78.9 Å². The molecule has 27 heteroatoms. The summed E-state index contributed by atoms with van der Waals surface area (Å²) in [6.45, 7) is 14.8. The van der Waals surface area contributed by atoms with Crippen molar-refractivity contribution in [1.29, 1.82) is 0 Å². The molecular formula is C89H117Cl3N6O18. The maximum Gasteiger partial charge on any atom is 0.356 e. The Morgan fingerprint density at radius 3 is 0.966 bits per heavy atom. The first-order valence-electron chi connectivity index (χ1n) is 38.4. The predicted molar refractivity (Wildman–Crippen MR) is 457 cm³/mol. The van der Waals surface area contributed by atoms with Gasteiger partial charge in [-0.3, -0.25) is 9.59 Å². The maximum absolute atomic E-state index is 11.7. The van der Waals surface area contributed by atoms with Gasteiger partial charge < -0.3 is 58.6 Å². The molecule has 0 unspecified atom stereocenters. The van der Waals surface area contributed by atoms with Crippen LogP contribution in [0.1, 0.15) is 212 Å². The summed E-state index contributed by atoms with van der Waals surface area (Å²) in [5, 5.41) is 17.9. The van der Waals surface area contributed by atoms with Gasteiger partial charge in [-0.1, -0.05) is 131 Å². The molecule has 0 spiro atoms. The first-order valence-corrected chi connectivity index (χ1v) is 38.4. The van der Waals surface area contributed by atoms with Gasteiger partial charge in [0.15, 0.2) is 0 Å².